The molecule has 0 aliphatic rings. The van der Waals surface area contributed by atoms with Crippen molar-refractivity contribution in [2.45, 2.75) is 33.7 Å². The zero-order valence-electron chi connectivity index (χ0n) is 11.2. The summed E-state index contributed by atoms with van der Waals surface area (Å²) < 4.78 is 0. The van der Waals surface area contributed by atoms with Crippen LogP contribution in [0.3, 0.4) is 0 Å². The van der Waals surface area contributed by atoms with E-state index in [-0.39, 0.29) is 11.9 Å². The lowest BCUT2D eigenvalue weighted by Crippen LogP contribution is -2.36. The molecule has 0 bridgehead atoms. The highest BCUT2D eigenvalue weighted by Gasteiger charge is 2.14. The number of aromatic nitrogens is 1. The number of nitrogens with one attached hydrogen (secondary N) is 1. The molecule has 0 saturated carbocycles. The standard InChI is InChI=1S/C12H21N3OS/c1-6-15(5)11(16)7-13-8(2)12-9(3)14-10(4)17-12/h8,13H,6-7H2,1-5H3. The van der Waals surface area contributed by atoms with Gasteiger partial charge in [-0.15, -0.1) is 11.3 Å². The van der Waals surface area contributed by atoms with Crippen molar-refractivity contribution in [1.29, 1.82) is 0 Å². The highest BCUT2D eigenvalue weighted by molar-refractivity contribution is 7.11. The molecule has 17 heavy (non-hydrogen) atoms. The van der Waals surface area contributed by atoms with Crippen LogP contribution in [0.1, 0.15) is 35.5 Å². The minimum atomic E-state index is 0.123. The molecule has 0 aromatic carbocycles. The Hall–Kier alpha value is -0.940. The van der Waals surface area contributed by atoms with Crippen molar-refractivity contribution >= 4 is 17.2 Å². The fraction of sp³-hybridized carbons (Fsp3) is 0.667. The van der Waals surface area contributed by atoms with E-state index in [1.807, 2.05) is 27.8 Å². The molecule has 0 radical (unpaired) electrons. The number of hydrogen-bond donors (Lipinski definition) is 1. The molecule has 1 aromatic heterocycles. The molecule has 1 amide bonds. The second-order valence-electron chi connectivity index (χ2n) is 4.19. The van der Waals surface area contributed by atoms with Gasteiger partial charge in [0.15, 0.2) is 0 Å². The van der Waals surface area contributed by atoms with Gasteiger partial charge in [-0.3, -0.25) is 4.79 Å². The van der Waals surface area contributed by atoms with E-state index in [1.165, 1.54) is 4.88 Å². The van der Waals surface area contributed by atoms with Crippen LogP contribution in [0.2, 0.25) is 0 Å². The minimum absolute atomic E-state index is 0.123. The first-order chi connectivity index (χ1) is 7.95. The number of rotatable bonds is 5. The number of amides is 1. The van der Waals surface area contributed by atoms with Crippen LogP contribution in [0.15, 0.2) is 0 Å². The summed E-state index contributed by atoms with van der Waals surface area (Å²) in [6.07, 6.45) is 0. The largest absolute Gasteiger partial charge is 0.345 e. The molecule has 96 valence electrons. The van der Waals surface area contributed by atoms with E-state index in [0.717, 1.165) is 17.2 Å². The first-order valence-electron chi connectivity index (χ1n) is 5.87. The fourth-order valence-electron chi connectivity index (χ4n) is 1.59. The van der Waals surface area contributed by atoms with Gasteiger partial charge in [0.1, 0.15) is 0 Å². The Labute approximate surface area is 107 Å². The molecule has 1 rings (SSSR count). The van der Waals surface area contributed by atoms with E-state index in [9.17, 15) is 4.79 Å². The summed E-state index contributed by atoms with van der Waals surface area (Å²) in [5.74, 6) is 0.123. The van der Waals surface area contributed by atoms with Gasteiger partial charge in [-0.1, -0.05) is 0 Å². The molecule has 0 fully saturated rings. The van der Waals surface area contributed by atoms with Gasteiger partial charge in [-0.05, 0) is 27.7 Å². The monoisotopic (exact) mass is 255 g/mol. The average molecular weight is 255 g/mol. The Bertz CT molecular complexity index is 389. The van der Waals surface area contributed by atoms with E-state index < -0.39 is 0 Å². The minimum Gasteiger partial charge on any atom is -0.345 e. The van der Waals surface area contributed by atoms with E-state index >= 15 is 0 Å². The molecule has 0 aliphatic heterocycles. The van der Waals surface area contributed by atoms with Crippen LogP contribution in [-0.2, 0) is 4.79 Å². The maximum atomic E-state index is 11.7. The molecule has 1 aromatic rings. The molecule has 5 heteroatoms. The number of aryl methyl sites for hydroxylation is 2. The molecule has 0 saturated heterocycles. The quantitative estimate of drug-likeness (QED) is 0.874. The van der Waals surface area contributed by atoms with Gasteiger partial charge in [-0.25, -0.2) is 4.98 Å². The Balaban J connectivity index is 2.53. The number of likely N-dealkylation sites (N-methyl/N-ethyl adjacent to an activating group) is 1. The van der Waals surface area contributed by atoms with Crippen LogP contribution in [0, 0.1) is 13.8 Å². The van der Waals surface area contributed by atoms with Gasteiger partial charge in [-0.2, -0.15) is 0 Å². The van der Waals surface area contributed by atoms with Crippen molar-refractivity contribution in [3.8, 4) is 0 Å². The number of nitrogens with zero attached hydrogens (tertiary/aromatic N) is 2. The highest BCUT2D eigenvalue weighted by atomic mass is 32.1. The van der Waals surface area contributed by atoms with Crippen LogP contribution in [0.4, 0.5) is 0 Å². The normalized spacial score (nSPS) is 12.5. The summed E-state index contributed by atoms with van der Waals surface area (Å²) in [5, 5.41) is 4.32. The molecule has 1 heterocycles. The summed E-state index contributed by atoms with van der Waals surface area (Å²) in [6, 6.07) is 0.176. The molecule has 4 nitrogen and oxygen atoms in total. The van der Waals surface area contributed by atoms with Gasteiger partial charge in [0.05, 0.1) is 17.2 Å². The number of carbonyl (C=O) groups is 1. The maximum absolute atomic E-state index is 11.7. The van der Waals surface area contributed by atoms with E-state index in [0.29, 0.717) is 6.54 Å². The Kier molecular flexibility index (Phi) is 5.08. The predicted octanol–water partition coefficient (Wildman–Crippen LogP) is 1.89. The van der Waals surface area contributed by atoms with Gasteiger partial charge in [0, 0.05) is 24.5 Å². The van der Waals surface area contributed by atoms with Gasteiger partial charge >= 0.3 is 0 Å². The zero-order chi connectivity index (χ0) is 13.0. The van der Waals surface area contributed by atoms with Crippen molar-refractivity contribution in [3.63, 3.8) is 0 Å². The molecule has 0 spiro atoms. The van der Waals surface area contributed by atoms with Crippen molar-refractivity contribution < 1.29 is 4.79 Å². The SMILES string of the molecule is CCN(C)C(=O)CNC(C)c1sc(C)nc1C. The lowest BCUT2D eigenvalue weighted by Gasteiger charge is -2.17. The summed E-state index contributed by atoms with van der Waals surface area (Å²) >= 11 is 1.69. The second kappa shape index (κ2) is 6.12. The van der Waals surface area contributed by atoms with Gasteiger partial charge in [0.25, 0.3) is 0 Å². The third-order valence-electron chi connectivity index (χ3n) is 2.79. The predicted molar refractivity (Wildman–Crippen MR) is 71.3 cm³/mol. The molecule has 1 atom stereocenters. The lowest BCUT2D eigenvalue weighted by molar-refractivity contribution is -0.128. The number of carbonyl (C=O) groups excluding carboxylic acids is 1. The van der Waals surface area contributed by atoms with Crippen molar-refractivity contribution in [1.82, 2.24) is 15.2 Å². The molecular formula is C12H21N3OS. The van der Waals surface area contributed by atoms with E-state index in [4.69, 9.17) is 0 Å². The summed E-state index contributed by atoms with van der Waals surface area (Å²) in [5.41, 5.74) is 1.06. The third kappa shape index (κ3) is 3.78. The van der Waals surface area contributed by atoms with Crippen LogP contribution >= 0.6 is 11.3 Å². The first kappa shape index (κ1) is 14.1. The van der Waals surface area contributed by atoms with Crippen LogP contribution < -0.4 is 5.32 Å². The van der Waals surface area contributed by atoms with Gasteiger partial charge in [0.2, 0.25) is 5.91 Å². The fourth-order valence-corrected chi connectivity index (χ4v) is 2.55. The first-order valence-corrected chi connectivity index (χ1v) is 6.68. The van der Waals surface area contributed by atoms with Crippen molar-refractivity contribution in [2.24, 2.45) is 0 Å². The smallest absolute Gasteiger partial charge is 0.236 e. The summed E-state index contributed by atoms with van der Waals surface area (Å²) in [6.45, 7) is 9.17. The van der Waals surface area contributed by atoms with Crippen LogP contribution in [0.25, 0.3) is 0 Å². The zero-order valence-corrected chi connectivity index (χ0v) is 12.0. The van der Waals surface area contributed by atoms with Crippen molar-refractivity contribution in [2.75, 3.05) is 20.1 Å². The Morgan fingerprint density at radius 3 is 2.65 bits per heavy atom. The lowest BCUT2D eigenvalue weighted by atomic mass is 10.2. The molecule has 1 N–H and O–H groups in total. The molecule has 0 aliphatic carbocycles. The van der Waals surface area contributed by atoms with Crippen LogP contribution in [-0.4, -0.2) is 35.9 Å². The second-order valence-corrected chi connectivity index (χ2v) is 5.43. The number of thiazole rings is 1. The molecular weight excluding hydrogens is 234 g/mol. The van der Waals surface area contributed by atoms with Gasteiger partial charge < -0.3 is 10.2 Å². The Morgan fingerprint density at radius 2 is 2.18 bits per heavy atom. The van der Waals surface area contributed by atoms with Crippen LogP contribution in [0.5, 0.6) is 0 Å². The topological polar surface area (TPSA) is 45.2 Å². The van der Waals surface area contributed by atoms with E-state index in [2.05, 4.69) is 17.2 Å². The van der Waals surface area contributed by atoms with Crippen molar-refractivity contribution in [3.05, 3.63) is 15.6 Å². The summed E-state index contributed by atoms with van der Waals surface area (Å²) in [4.78, 5) is 19.0. The molecule has 1 unspecified atom stereocenters. The third-order valence-corrected chi connectivity index (χ3v) is 4.05. The van der Waals surface area contributed by atoms with E-state index in [1.54, 1.807) is 16.2 Å². The Morgan fingerprint density at radius 1 is 1.53 bits per heavy atom. The highest BCUT2D eigenvalue weighted by Crippen LogP contribution is 2.24. The maximum Gasteiger partial charge on any atom is 0.236 e. The number of hydrogen-bond acceptors (Lipinski definition) is 4. The summed E-state index contributed by atoms with van der Waals surface area (Å²) in [7, 11) is 1.82. The average Bonchev–Trinajstić information content (AvgIpc) is 2.63.